The number of amides is 2. The number of carbonyl (C=O) groups excluding carboxylic acids is 2. The molecular formula is C25H29N9O3. The van der Waals surface area contributed by atoms with E-state index in [2.05, 4.69) is 31.3 Å². The monoisotopic (exact) mass is 503 g/mol. The van der Waals surface area contributed by atoms with Gasteiger partial charge < -0.3 is 26.4 Å². The minimum atomic E-state index is -0.647. The zero-order valence-electron chi connectivity index (χ0n) is 20.4. The highest BCUT2D eigenvalue weighted by molar-refractivity contribution is 5.95. The Labute approximate surface area is 213 Å². The van der Waals surface area contributed by atoms with E-state index in [9.17, 15) is 9.59 Å². The van der Waals surface area contributed by atoms with Crippen molar-refractivity contribution in [2.45, 2.75) is 50.0 Å². The molecule has 192 valence electrons. The molecule has 2 amide bonds. The Kier molecular flexibility index (Phi) is 5.58. The summed E-state index contributed by atoms with van der Waals surface area (Å²) in [5.74, 6) is 0.501. The summed E-state index contributed by atoms with van der Waals surface area (Å²) in [5.41, 5.74) is 12.3. The lowest BCUT2D eigenvalue weighted by Gasteiger charge is -2.61. The number of piperidine rings is 1. The predicted molar refractivity (Wildman–Crippen MR) is 131 cm³/mol. The fraction of sp³-hybridized carbons (Fsp3) is 0.560. The zero-order chi connectivity index (χ0) is 25.7. The molecule has 0 unspecified atom stereocenters. The van der Waals surface area contributed by atoms with E-state index < -0.39 is 5.91 Å². The number of hydrogen-bond donors (Lipinski definition) is 3. The molecule has 2 aromatic rings. The van der Waals surface area contributed by atoms with E-state index in [4.69, 9.17) is 21.5 Å². The molecule has 4 saturated carbocycles. The first-order chi connectivity index (χ1) is 17.8. The van der Waals surface area contributed by atoms with E-state index in [0.29, 0.717) is 25.6 Å². The van der Waals surface area contributed by atoms with Crippen molar-refractivity contribution in [1.29, 1.82) is 5.26 Å². The van der Waals surface area contributed by atoms with Crippen molar-refractivity contribution < 1.29 is 14.3 Å². The van der Waals surface area contributed by atoms with Crippen LogP contribution in [0.3, 0.4) is 0 Å². The van der Waals surface area contributed by atoms with Crippen LogP contribution in [0, 0.1) is 29.1 Å². The lowest BCUT2D eigenvalue weighted by Crippen LogP contribution is -2.68. The second-order valence-electron chi connectivity index (χ2n) is 10.8. The number of anilines is 2. The van der Waals surface area contributed by atoms with Gasteiger partial charge in [-0.2, -0.15) is 20.2 Å². The average Bonchev–Trinajstić information content (AvgIpc) is 3.63. The molecule has 5 aliphatic rings. The van der Waals surface area contributed by atoms with Crippen molar-refractivity contribution in [1.82, 2.24) is 25.3 Å². The molecule has 4 aliphatic carbocycles. The van der Waals surface area contributed by atoms with E-state index in [1.165, 1.54) is 0 Å². The molecule has 3 heterocycles. The Morgan fingerprint density at radius 3 is 2.54 bits per heavy atom. The third-order valence-corrected chi connectivity index (χ3v) is 8.12. The van der Waals surface area contributed by atoms with E-state index in [1.54, 1.807) is 6.07 Å². The topological polar surface area (TPSA) is 186 Å². The molecule has 7 rings (SSSR count). The van der Waals surface area contributed by atoms with Crippen molar-refractivity contribution in [2.24, 2.45) is 23.5 Å². The highest BCUT2D eigenvalue weighted by Crippen LogP contribution is 2.57. The molecule has 2 aromatic heterocycles. The second-order valence-corrected chi connectivity index (χ2v) is 10.8. The number of carbonyl (C=O) groups is 2. The molecule has 0 spiro atoms. The summed E-state index contributed by atoms with van der Waals surface area (Å²) in [5, 5.41) is 12.2. The predicted octanol–water partition coefficient (Wildman–Crippen LogP) is 1.15. The van der Waals surface area contributed by atoms with Crippen LogP contribution in [0.5, 0.6) is 6.01 Å². The van der Waals surface area contributed by atoms with Crippen LogP contribution >= 0.6 is 0 Å². The third kappa shape index (κ3) is 4.50. The molecule has 12 nitrogen and oxygen atoms in total. The summed E-state index contributed by atoms with van der Waals surface area (Å²) < 4.78 is 5.82. The van der Waals surface area contributed by atoms with Crippen molar-refractivity contribution in [3.05, 3.63) is 29.3 Å². The lowest BCUT2D eigenvalue weighted by molar-refractivity contribution is -0.0441. The molecule has 0 aromatic carbocycles. The number of ether oxygens (including phenoxy) is 1. The van der Waals surface area contributed by atoms with Crippen LogP contribution < -0.4 is 26.4 Å². The largest absolute Gasteiger partial charge is 0.463 e. The van der Waals surface area contributed by atoms with Gasteiger partial charge in [0.15, 0.2) is 5.69 Å². The molecule has 1 saturated heterocycles. The van der Waals surface area contributed by atoms with E-state index in [-0.39, 0.29) is 52.4 Å². The highest BCUT2D eigenvalue weighted by Gasteiger charge is 2.57. The van der Waals surface area contributed by atoms with Gasteiger partial charge in [0.05, 0.1) is 24.3 Å². The van der Waals surface area contributed by atoms with E-state index in [1.807, 2.05) is 11.0 Å². The maximum Gasteiger partial charge on any atom is 0.321 e. The lowest BCUT2D eigenvalue weighted by atomic mass is 9.50. The quantitative estimate of drug-likeness (QED) is 0.472. The van der Waals surface area contributed by atoms with Crippen LogP contribution in [-0.2, 0) is 0 Å². The van der Waals surface area contributed by atoms with Crippen molar-refractivity contribution in [3.63, 3.8) is 0 Å². The van der Waals surface area contributed by atoms with E-state index >= 15 is 0 Å². The van der Waals surface area contributed by atoms with Crippen LogP contribution in [-0.4, -0.2) is 57.0 Å². The summed E-state index contributed by atoms with van der Waals surface area (Å²) in [6.45, 7) is 1.58. The maximum atomic E-state index is 13.0. The molecule has 5 fully saturated rings. The molecule has 2 bridgehead atoms. The number of aromatic nitrogens is 4. The Morgan fingerprint density at radius 2 is 1.92 bits per heavy atom. The van der Waals surface area contributed by atoms with Gasteiger partial charge in [0.25, 0.3) is 11.8 Å². The first kappa shape index (κ1) is 23.4. The number of nitrogens with zero attached hydrogens (tertiary/aromatic N) is 6. The smallest absolute Gasteiger partial charge is 0.321 e. The fourth-order valence-corrected chi connectivity index (χ4v) is 5.64. The fourth-order valence-electron chi connectivity index (χ4n) is 5.64. The third-order valence-electron chi connectivity index (χ3n) is 8.12. The van der Waals surface area contributed by atoms with Gasteiger partial charge in [-0.25, -0.2) is 4.98 Å². The normalized spacial score (nSPS) is 27.9. The Bertz CT molecular complexity index is 1280. The minimum Gasteiger partial charge on any atom is -0.463 e. The summed E-state index contributed by atoms with van der Waals surface area (Å²) in [4.78, 5) is 44.4. The maximum absolute atomic E-state index is 13.0. The number of nitrogens with one attached hydrogen (secondary N) is 1. The molecule has 1 aliphatic heterocycles. The molecular weight excluding hydrogens is 474 g/mol. The van der Waals surface area contributed by atoms with Crippen molar-refractivity contribution >= 4 is 23.5 Å². The van der Waals surface area contributed by atoms with Crippen molar-refractivity contribution in [3.8, 4) is 12.1 Å². The number of nitriles is 1. The summed E-state index contributed by atoms with van der Waals surface area (Å²) >= 11 is 0. The SMILES string of the molecule is N#C[C@@H]1C[C@@H]1COc1nc(C(=O)NC23CC(C2)C3)nc(N2CCC(c3ccc(N)c(C(N)=O)n3)CC2)n1. The molecule has 2 atom stereocenters. The minimum absolute atomic E-state index is 0.00408. The van der Waals surface area contributed by atoms with Crippen LogP contribution in [0.1, 0.15) is 71.2 Å². The summed E-state index contributed by atoms with van der Waals surface area (Å²) in [7, 11) is 0. The molecule has 0 radical (unpaired) electrons. The van der Waals surface area contributed by atoms with Crippen LogP contribution in [0.25, 0.3) is 0 Å². The van der Waals surface area contributed by atoms with Gasteiger partial charge in [0.2, 0.25) is 11.8 Å². The number of rotatable bonds is 8. The van der Waals surface area contributed by atoms with Crippen molar-refractivity contribution in [2.75, 3.05) is 30.3 Å². The van der Waals surface area contributed by atoms with Crippen LogP contribution in [0.2, 0.25) is 0 Å². The van der Waals surface area contributed by atoms with Gasteiger partial charge in [-0.05, 0) is 56.6 Å². The Balaban J connectivity index is 1.17. The number of nitrogens with two attached hydrogens (primary N) is 2. The highest BCUT2D eigenvalue weighted by atomic mass is 16.5. The number of pyridine rings is 1. The van der Waals surface area contributed by atoms with Crippen LogP contribution in [0.15, 0.2) is 12.1 Å². The Hall–Kier alpha value is -4.01. The van der Waals surface area contributed by atoms with Gasteiger partial charge in [0, 0.05) is 36.2 Å². The Morgan fingerprint density at radius 1 is 1.16 bits per heavy atom. The molecule has 12 heteroatoms. The first-order valence-corrected chi connectivity index (χ1v) is 12.7. The standard InChI is InChI=1S/C25H29N9O3/c26-11-15-7-16(15)12-37-24-31-21(22(36)33-25-8-13(9-25)10-25)30-23(32-24)34-5-3-14(4-6-34)18-2-1-17(27)19(29-18)20(28)35/h1-2,13-16H,3-10,12,27H2,(H2,28,35)(H,33,36)/t13?,15-,16+,25?/m0/s1. The zero-order valence-corrected chi connectivity index (χ0v) is 20.4. The number of nitrogen functional groups attached to an aromatic ring is 1. The van der Waals surface area contributed by atoms with Crippen LogP contribution in [0.4, 0.5) is 11.6 Å². The number of hydrogen-bond acceptors (Lipinski definition) is 10. The van der Waals surface area contributed by atoms with Gasteiger partial charge in [-0.15, -0.1) is 0 Å². The van der Waals surface area contributed by atoms with Gasteiger partial charge >= 0.3 is 6.01 Å². The van der Waals surface area contributed by atoms with E-state index in [0.717, 1.165) is 50.1 Å². The molecule has 37 heavy (non-hydrogen) atoms. The van der Waals surface area contributed by atoms with Gasteiger partial charge in [-0.1, -0.05) is 0 Å². The first-order valence-electron chi connectivity index (χ1n) is 12.7. The number of primary amides is 1. The molecule has 5 N–H and O–H groups in total. The van der Waals surface area contributed by atoms with Gasteiger partial charge in [0.1, 0.15) is 0 Å². The summed E-state index contributed by atoms with van der Waals surface area (Å²) in [6.07, 6.45) is 5.34. The second kappa shape index (κ2) is 8.83. The average molecular weight is 504 g/mol. The summed E-state index contributed by atoms with van der Waals surface area (Å²) in [6, 6.07) is 5.84. The van der Waals surface area contributed by atoms with Gasteiger partial charge in [-0.3, -0.25) is 9.59 Å².